The van der Waals surface area contributed by atoms with Gasteiger partial charge in [0.1, 0.15) is 5.52 Å². The van der Waals surface area contributed by atoms with Gasteiger partial charge in [-0.05, 0) is 34.0 Å². The van der Waals surface area contributed by atoms with E-state index in [1.165, 1.54) is 5.39 Å². The summed E-state index contributed by atoms with van der Waals surface area (Å²) in [6.45, 7) is 0. The van der Waals surface area contributed by atoms with Gasteiger partial charge in [-0.3, -0.25) is 0 Å². The van der Waals surface area contributed by atoms with Gasteiger partial charge >= 0.3 is 0 Å². The molecule has 0 amide bonds. The average molecular weight is 310 g/mol. The second-order valence-corrected chi connectivity index (χ2v) is 4.47. The molecule has 0 saturated carbocycles. The molecule has 0 bridgehead atoms. The number of benzene rings is 2. The average Bonchev–Trinajstić information content (AvgIpc) is 2.59. The third kappa shape index (κ3) is 1.28. The van der Waals surface area contributed by atoms with E-state index in [1.807, 2.05) is 24.3 Å². The number of nitrogens with two attached hydrogens (primary N) is 1. The van der Waals surface area contributed by atoms with Crippen LogP contribution in [0.5, 0.6) is 0 Å². The standard InChI is InChI=1S/C11H7IN2O/c12-8-5-9-10(15-11(13)14-9)7-4-2-1-3-6(7)8/h1-5H,(H2,13,14). The first-order chi connectivity index (χ1) is 7.25. The Bertz CT molecular complexity index is 660. The zero-order chi connectivity index (χ0) is 10.4. The molecular formula is C11H7IN2O. The van der Waals surface area contributed by atoms with Crippen LogP contribution in [-0.2, 0) is 0 Å². The highest BCUT2D eigenvalue weighted by molar-refractivity contribution is 14.1. The molecular weight excluding hydrogens is 303 g/mol. The number of oxazole rings is 1. The lowest BCUT2D eigenvalue weighted by Gasteiger charge is -1.99. The molecule has 1 heterocycles. The molecule has 2 N–H and O–H groups in total. The van der Waals surface area contributed by atoms with Crippen LogP contribution in [0, 0.1) is 3.57 Å². The van der Waals surface area contributed by atoms with Crippen LogP contribution in [0.15, 0.2) is 34.7 Å². The van der Waals surface area contributed by atoms with Crippen molar-refractivity contribution in [2.75, 3.05) is 5.73 Å². The summed E-state index contributed by atoms with van der Waals surface area (Å²) in [7, 11) is 0. The molecule has 0 fully saturated rings. The third-order valence-electron chi connectivity index (χ3n) is 2.36. The van der Waals surface area contributed by atoms with Crippen molar-refractivity contribution in [3.63, 3.8) is 0 Å². The fourth-order valence-corrected chi connectivity index (χ4v) is 2.49. The van der Waals surface area contributed by atoms with Crippen LogP contribution in [0.4, 0.5) is 6.01 Å². The van der Waals surface area contributed by atoms with Gasteiger partial charge in [0, 0.05) is 8.96 Å². The van der Waals surface area contributed by atoms with Gasteiger partial charge in [0.2, 0.25) is 0 Å². The van der Waals surface area contributed by atoms with E-state index in [0.717, 1.165) is 20.1 Å². The predicted molar refractivity (Wildman–Crippen MR) is 68.6 cm³/mol. The number of hydrogen-bond acceptors (Lipinski definition) is 3. The monoisotopic (exact) mass is 310 g/mol. The van der Waals surface area contributed by atoms with Gasteiger partial charge in [-0.15, -0.1) is 0 Å². The van der Waals surface area contributed by atoms with E-state index >= 15 is 0 Å². The Balaban J connectivity index is 2.62. The van der Waals surface area contributed by atoms with E-state index in [-0.39, 0.29) is 6.01 Å². The molecule has 0 aliphatic rings. The first-order valence-electron chi connectivity index (χ1n) is 4.49. The van der Waals surface area contributed by atoms with Crippen molar-refractivity contribution in [3.05, 3.63) is 33.9 Å². The SMILES string of the molecule is Nc1nc2cc(I)c3ccccc3c2o1. The van der Waals surface area contributed by atoms with Crippen molar-refractivity contribution >= 4 is 50.5 Å². The highest BCUT2D eigenvalue weighted by Crippen LogP contribution is 2.30. The van der Waals surface area contributed by atoms with Crippen LogP contribution in [0.2, 0.25) is 0 Å². The summed E-state index contributed by atoms with van der Waals surface area (Å²) >= 11 is 2.29. The van der Waals surface area contributed by atoms with Crippen LogP contribution in [0.1, 0.15) is 0 Å². The molecule has 0 spiro atoms. The summed E-state index contributed by atoms with van der Waals surface area (Å²) in [5.41, 5.74) is 7.13. The summed E-state index contributed by atoms with van der Waals surface area (Å²) < 4.78 is 6.56. The number of nitrogen functional groups attached to an aromatic ring is 1. The molecule has 15 heavy (non-hydrogen) atoms. The molecule has 0 unspecified atom stereocenters. The Morgan fingerprint density at radius 3 is 2.73 bits per heavy atom. The van der Waals surface area contributed by atoms with Crippen molar-refractivity contribution in [3.8, 4) is 0 Å². The highest BCUT2D eigenvalue weighted by atomic mass is 127. The van der Waals surface area contributed by atoms with Crippen LogP contribution in [0.25, 0.3) is 21.9 Å². The fourth-order valence-electron chi connectivity index (χ4n) is 1.73. The lowest BCUT2D eigenvalue weighted by atomic mass is 10.1. The number of halogens is 1. The molecule has 3 rings (SSSR count). The minimum Gasteiger partial charge on any atom is -0.423 e. The molecule has 0 atom stereocenters. The van der Waals surface area contributed by atoms with E-state index in [4.69, 9.17) is 10.2 Å². The van der Waals surface area contributed by atoms with Gasteiger partial charge in [0.05, 0.1) is 0 Å². The molecule has 4 heteroatoms. The van der Waals surface area contributed by atoms with Gasteiger partial charge in [-0.25, -0.2) is 0 Å². The maximum absolute atomic E-state index is 5.55. The lowest BCUT2D eigenvalue weighted by Crippen LogP contribution is -1.81. The second-order valence-electron chi connectivity index (χ2n) is 3.30. The Morgan fingerprint density at radius 1 is 1.20 bits per heavy atom. The second kappa shape index (κ2) is 3.10. The van der Waals surface area contributed by atoms with Crippen LogP contribution in [-0.4, -0.2) is 4.98 Å². The van der Waals surface area contributed by atoms with Crippen molar-refractivity contribution in [1.82, 2.24) is 4.98 Å². The molecule has 0 aliphatic heterocycles. The van der Waals surface area contributed by atoms with Gasteiger partial charge in [-0.1, -0.05) is 24.3 Å². The van der Waals surface area contributed by atoms with Gasteiger partial charge < -0.3 is 10.2 Å². The lowest BCUT2D eigenvalue weighted by molar-refractivity contribution is 0.629. The van der Waals surface area contributed by atoms with E-state index in [2.05, 4.69) is 33.6 Å². The van der Waals surface area contributed by atoms with Gasteiger partial charge in [0.25, 0.3) is 6.01 Å². The topological polar surface area (TPSA) is 52.0 Å². The van der Waals surface area contributed by atoms with Gasteiger partial charge in [-0.2, -0.15) is 4.98 Å². The van der Waals surface area contributed by atoms with E-state index in [1.54, 1.807) is 0 Å². The number of aromatic nitrogens is 1. The number of fused-ring (bicyclic) bond motifs is 3. The minimum absolute atomic E-state index is 0.220. The fraction of sp³-hybridized carbons (Fsp3) is 0. The number of nitrogens with zero attached hydrogens (tertiary/aromatic N) is 1. The normalized spacial score (nSPS) is 11.3. The Kier molecular flexibility index (Phi) is 1.85. The van der Waals surface area contributed by atoms with E-state index < -0.39 is 0 Å². The Labute approximate surface area is 99.4 Å². The number of rotatable bonds is 0. The maximum atomic E-state index is 5.55. The summed E-state index contributed by atoms with van der Waals surface area (Å²) in [6.07, 6.45) is 0. The molecule has 0 saturated heterocycles. The largest absolute Gasteiger partial charge is 0.423 e. The van der Waals surface area contributed by atoms with Gasteiger partial charge in [0.15, 0.2) is 5.58 Å². The molecule has 3 nitrogen and oxygen atoms in total. The summed E-state index contributed by atoms with van der Waals surface area (Å²) in [5.74, 6) is 0. The van der Waals surface area contributed by atoms with Crippen molar-refractivity contribution in [2.45, 2.75) is 0 Å². The summed E-state index contributed by atoms with van der Waals surface area (Å²) in [6, 6.07) is 10.3. The Hall–Kier alpha value is -1.30. The van der Waals surface area contributed by atoms with E-state index in [0.29, 0.717) is 0 Å². The molecule has 0 aliphatic carbocycles. The quantitative estimate of drug-likeness (QED) is 0.649. The smallest absolute Gasteiger partial charge is 0.293 e. The van der Waals surface area contributed by atoms with Crippen LogP contribution in [0.3, 0.4) is 0 Å². The molecule has 2 aromatic carbocycles. The van der Waals surface area contributed by atoms with Crippen molar-refractivity contribution in [2.24, 2.45) is 0 Å². The number of anilines is 1. The number of hydrogen-bond donors (Lipinski definition) is 1. The van der Waals surface area contributed by atoms with Crippen LogP contribution < -0.4 is 5.73 Å². The molecule has 0 radical (unpaired) electrons. The first kappa shape index (κ1) is 8.96. The van der Waals surface area contributed by atoms with E-state index in [9.17, 15) is 0 Å². The molecule has 3 aromatic rings. The maximum Gasteiger partial charge on any atom is 0.293 e. The molecule has 74 valence electrons. The van der Waals surface area contributed by atoms with Crippen LogP contribution >= 0.6 is 22.6 Å². The zero-order valence-electron chi connectivity index (χ0n) is 7.70. The summed E-state index contributed by atoms with van der Waals surface area (Å²) in [4.78, 5) is 4.13. The zero-order valence-corrected chi connectivity index (χ0v) is 9.86. The first-order valence-corrected chi connectivity index (χ1v) is 5.57. The summed E-state index contributed by atoms with van der Waals surface area (Å²) in [5, 5.41) is 2.23. The highest BCUT2D eigenvalue weighted by Gasteiger charge is 2.09. The molecule has 1 aromatic heterocycles. The predicted octanol–water partition coefficient (Wildman–Crippen LogP) is 3.17. The van der Waals surface area contributed by atoms with Crippen molar-refractivity contribution < 1.29 is 4.42 Å². The van der Waals surface area contributed by atoms with Crippen molar-refractivity contribution in [1.29, 1.82) is 0 Å². The Morgan fingerprint density at radius 2 is 1.93 bits per heavy atom. The third-order valence-corrected chi connectivity index (χ3v) is 3.25. The minimum atomic E-state index is 0.220.